The topological polar surface area (TPSA) is 65.5 Å². The van der Waals surface area contributed by atoms with Crippen LogP contribution in [0.2, 0.25) is 0 Å². The summed E-state index contributed by atoms with van der Waals surface area (Å²) in [6.07, 6.45) is 1.75. The standard InChI is InChI=1S/C19H27N3O2S/c1-14(2)22(13-19(3,4)24)12-16(23)21-17(18-20-10-11-25-18)15-8-6-5-7-9-15/h5-11,14,17,24H,12-13H2,1-4H3,(H,21,23)/t17-/m1/s1. The predicted octanol–water partition coefficient (Wildman–Crippen LogP) is 2.83. The molecule has 0 bridgehead atoms. The Morgan fingerprint density at radius 2 is 2.00 bits per heavy atom. The largest absolute Gasteiger partial charge is 0.389 e. The molecule has 1 atom stereocenters. The number of nitrogens with zero attached hydrogens (tertiary/aromatic N) is 2. The SMILES string of the molecule is CC(C)N(CC(=O)N[C@H](c1ccccc1)c1nccs1)CC(C)(C)O. The van der Waals surface area contributed by atoms with Gasteiger partial charge in [0.05, 0.1) is 12.1 Å². The van der Waals surface area contributed by atoms with Crippen molar-refractivity contribution in [3.8, 4) is 0 Å². The predicted molar refractivity (Wildman–Crippen MR) is 102 cm³/mol. The van der Waals surface area contributed by atoms with E-state index in [1.165, 1.54) is 11.3 Å². The van der Waals surface area contributed by atoms with Crippen molar-refractivity contribution in [1.82, 2.24) is 15.2 Å². The van der Waals surface area contributed by atoms with Crippen molar-refractivity contribution in [2.45, 2.75) is 45.4 Å². The second kappa shape index (κ2) is 8.56. The van der Waals surface area contributed by atoms with Crippen LogP contribution in [0.4, 0.5) is 0 Å². The van der Waals surface area contributed by atoms with Gasteiger partial charge >= 0.3 is 0 Å². The molecule has 0 spiro atoms. The second-order valence-corrected chi connectivity index (χ2v) is 8.02. The van der Waals surface area contributed by atoms with Crippen molar-refractivity contribution in [3.05, 3.63) is 52.5 Å². The number of nitrogens with one attached hydrogen (secondary N) is 1. The van der Waals surface area contributed by atoms with E-state index in [0.717, 1.165) is 10.6 Å². The van der Waals surface area contributed by atoms with E-state index < -0.39 is 5.60 Å². The average Bonchev–Trinajstić information content (AvgIpc) is 3.05. The Balaban J connectivity index is 2.12. The summed E-state index contributed by atoms with van der Waals surface area (Å²) >= 11 is 1.52. The van der Waals surface area contributed by atoms with Crippen LogP contribution in [-0.2, 0) is 4.79 Å². The Labute approximate surface area is 153 Å². The van der Waals surface area contributed by atoms with E-state index in [0.29, 0.717) is 6.54 Å². The Morgan fingerprint density at radius 1 is 1.32 bits per heavy atom. The Bertz CT molecular complexity index is 651. The van der Waals surface area contributed by atoms with Gasteiger partial charge in [0.1, 0.15) is 11.0 Å². The number of aliphatic hydroxyl groups is 1. The molecule has 1 amide bonds. The van der Waals surface area contributed by atoms with Gasteiger partial charge in [-0.15, -0.1) is 11.3 Å². The van der Waals surface area contributed by atoms with Gasteiger partial charge in [-0.05, 0) is 33.3 Å². The highest BCUT2D eigenvalue weighted by molar-refractivity contribution is 7.09. The maximum absolute atomic E-state index is 12.7. The molecule has 2 aromatic rings. The molecule has 0 aliphatic heterocycles. The fraction of sp³-hybridized carbons (Fsp3) is 0.474. The first kappa shape index (κ1) is 19.6. The molecule has 0 fully saturated rings. The molecule has 0 saturated carbocycles. The van der Waals surface area contributed by atoms with Crippen molar-refractivity contribution in [2.24, 2.45) is 0 Å². The summed E-state index contributed by atoms with van der Waals surface area (Å²) in [5.41, 5.74) is 0.156. The zero-order chi connectivity index (χ0) is 18.4. The van der Waals surface area contributed by atoms with Crippen molar-refractivity contribution in [1.29, 1.82) is 0 Å². The molecule has 0 aliphatic carbocycles. The first-order chi connectivity index (χ1) is 11.8. The van der Waals surface area contributed by atoms with Crippen LogP contribution in [0.1, 0.15) is 44.3 Å². The van der Waals surface area contributed by atoms with Crippen LogP contribution in [-0.4, -0.2) is 45.6 Å². The van der Waals surface area contributed by atoms with Crippen molar-refractivity contribution in [3.63, 3.8) is 0 Å². The first-order valence-corrected chi connectivity index (χ1v) is 9.34. The minimum atomic E-state index is -0.849. The summed E-state index contributed by atoms with van der Waals surface area (Å²) < 4.78 is 0. The summed E-state index contributed by atoms with van der Waals surface area (Å²) in [6, 6.07) is 9.74. The van der Waals surface area contributed by atoms with Crippen LogP contribution in [0.25, 0.3) is 0 Å². The third-order valence-corrected chi connectivity index (χ3v) is 4.64. The van der Waals surface area contributed by atoms with Gasteiger partial charge < -0.3 is 10.4 Å². The number of benzene rings is 1. The highest BCUT2D eigenvalue weighted by Crippen LogP contribution is 2.23. The van der Waals surface area contributed by atoms with E-state index >= 15 is 0 Å². The third-order valence-electron chi connectivity index (χ3n) is 3.80. The van der Waals surface area contributed by atoms with E-state index in [4.69, 9.17) is 0 Å². The van der Waals surface area contributed by atoms with Crippen LogP contribution in [0.5, 0.6) is 0 Å². The van der Waals surface area contributed by atoms with Crippen molar-refractivity contribution >= 4 is 17.2 Å². The Morgan fingerprint density at radius 3 is 2.52 bits per heavy atom. The minimum absolute atomic E-state index is 0.0815. The van der Waals surface area contributed by atoms with Crippen LogP contribution in [0, 0.1) is 0 Å². The number of carbonyl (C=O) groups excluding carboxylic acids is 1. The maximum Gasteiger partial charge on any atom is 0.235 e. The first-order valence-electron chi connectivity index (χ1n) is 8.46. The number of aromatic nitrogens is 1. The number of thiazole rings is 1. The molecule has 6 heteroatoms. The molecule has 25 heavy (non-hydrogen) atoms. The number of hydrogen-bond acceptors (Lipinski definition) is 5. The normalized spacial score (nSPS) is 13.2. The van der Waals surface area contributed by atoms with Crippen molar-refractivity contribution in [2.75, 3.05) is 13.1 Å². The zero-order valence-corrected chi connectivity index (χ0v) is 16.1. The lowest BCUT2D eigenvalue weighted by molar-refractivity contribution is -0.124. The van der Waals surface area contributed by atoms with Gasteiger partial charge in [0, 0.05) is 24.2 Å². The molecule has 2 rings (SSSR count). The highest BCUT2D eigenvalue weighted by Gasteiger charge is 2.25. The van der Waals surface area contributed by atoms with Gasteiger partial charge in [0.15, 0.2) is 0 Å². The fourth-order valence-electron chi connectivity index (χ4n) is 2.62. The Hall–Kier alpha value is -1.76. The summed E-state index contributed by atoms with van der Waals surface area (Å²) in [5, 5.41) is 15.9. The molecule has 1 aromatic heterocycles. The van der Waals surface area contributed by atoms with Crippen LogP contribution < -0.4 is 5.32 Å². The van der Waals surface area contributed by atoms with Gasteiger partial charge in [-0.2, -0.15) is 0 Å². The van der Waals surface area contributed by atoms with E-state index in [-0.39, 0.29) is 24.5 Å². The highest BCUT2D eigenvalue weighted by atomic mass is 32.1. The van der Waals surface area contributed by atoms with Crippen LogP contribution in [0.3, 0.4) is 0 Å². The third kappa shape index (κ3) is 6.23. The van der Waals surface area contributed by atoms with Crippen molar-refractivity contribution < 1.29 is 9.90 Å². The molecule has 0 aliphatic rings. The number of amides is 1. The molecule has 0 unspecified atom stereocenters. The lowest BCUT2D eigenvalue weighted by Crippen LogP contribution is -2.47. The summed E-state index contributed by atoms with van der Waals surface area (Å²) in [7, 11) is 0. The number of hydrogen-bond donors (Lipinski definition) is 2. The Kier molecular flexibility index (Phi) is 6.70. The molecular weight excluding hydrogens is 334 g/mol. The van der Waals surface area contributed by atoms with E-state index in [2.05, 4.69) is 10.3 Å². The van der Waals surface area contributed by atoms with E-state index in [1.54, 1.807) is 20.0 Å². The monoisotopic (exact) mass is 361 g/mol. The maximum atomic E-state index is 12.7. The summed E-state index contributed by atoms with van der Waals surface area (Å²) in [5.74, 6) is -0.0815. The summed E-state index contributed by atoms with van der Waals surface area (Å²) in [4.78, 5) is 19.0. The fourth-order valence-corrected chi connectivity index (χ4v) is 3.33. The van der Waals surface area contributed by atoms with Gasteiger partial charge in [-0.3, -0.25) is 9.69 Å². The van der Waals surface area contributed by atoms with E-state index in [1.807, 2.05) is 54.5 Å². The number of rotatable bonds is 8. The molecule has 1 heterocycles. The van der Waals surface area contributed by atoms with Gasteiger partial charge in [0.25, 0.3) is 0 Å². The second-order valence-electron chi connectivity index (χ2n) is 7.09. The molecule has 0 radical (unpaired) electrons. The average molecular weight is 362 g/mol. The lowest BCUT2D eigenvalue weighted by Gasteiger charge is -2.32. The molecule has 5 nitrogen and oxygen atoms in total. The lowest BCUT2D eigenvalue weighted by atomic mass is 10.1. The van der Waals surface area contributed by atoms with Crippen LogP contribution in [0.15, 0.2) is 41.9 Å². The van der Waals surface area contributed by atoms with Crippen LogP contribution >= 0.6 is 11.3 Å². The number of carbonyl (C=O) groups is 1. The smallest absolute Gasteiger partial charge is 0.235 e. The summed E-state index contributed by atoms with van der Waals surface area (Å²) in [6.45, 7) is 8.22. The molecule has 2 N–H and O–H groups in total. The van der Waals surface area contributed by atoms with Gasteiger partial charge in [-0.1, -0.05) is 30.3 Å². The molecular formula is C19H27N3O2S. The molecule has 0 saturated heterocycles. The quantitative estimate of drug-likeness (QED) is 0.759. The molecule has 136 valence electrons. The van der Waals surface area contributed by atoms with Gasteiger partial charge in [-0.25, -0.2) is 4.98 Å². The van der Waals surface area contributed by atoms with Gasteiger partial charge in [0.2, 0.25) is 5.91 Å². The zero-order valence-electron chi connectivity index (χ0n) is 15.3. The minimum Gasteiger partial charge on any atom is -0.389 e. The molecule has 1 aromatic carbocycles. The van der Waals surface area contributed by atoms with E-state index in [9.17, 15) is 9.90 Å².